The van der Waals surface area contributed by atoms with Crippen LogP contribution in [-0.4, -0.2) is 69.1 Å². The zero-order valence-electron chi connectivity index (χ0n) is 15.3. The molecule has 1 heterocycles. The molecule has 0 radical (unpaired) electrons. The van der Waals surface area contributed by atoms with E-state index in [0.717, 1.165) is 44.3 Å². The summed E-state index contributed by atoms with van der Waals surface area (Å²) in [5.74, 6) is 0.664. The van der Waals surface area contributed by atoms with Gasteiger partial charge in [0.1, 0.15) is 0 Å². The second kappa shape index (κ2) is 8.08. The van der Waals surface area contributed by atoms with Crippen molar-refractivity contribution in [2.24, 2.45) is 16.1 Å². The largest absolute Gasteiger partial charge is 0.370 e. The van der Waals surface area contributed by atoms with Crippen LogP contribution >= 0.6 is 11.6 Å². The number of rotatable bonds is 5. The molecule has 0 aliphatic carbocycles. The number of hydrogen-bond donors (Lipinski definition) is 1. The van der Waals surface area contributed by atoms with Crippen molar-refractivity contribution in [3.8, 4) is 0 Å². The Balaban J connectivity index is 1.87. The Hall–Kier alpha value is -1.46. The second-order valence-electron chi connectivity index (χ2n) is 7.53. The first-order valence-electron chi connectivity index (χ1n) is 8.47. The van der Waals surface area contributed by atoms with Gasteiger partial charge in [0.25, 0.3) is 0 Å². The van der Waals surface area contributed by atoms with Crippen molar-refractivity contribution in [1.29, 1.82) is 0 Å². The first-order chi connectivity index (χ1) is 11.3. The minimum atomic E-state index is 0.124. The van der Waals surface area contributed by atoms with Crippen molar-refractivity contribution >= 4 is 23.2 Å². The van der Waals surface area contributed by atoms with E-state index in [1.54, 1.807) is 0 Å². The zero-order chi connectivity index (χ0) is 17.7. The van der Waals surface area contributed by atoms with Crippen LogP contribution in [0.15, 0.2) is 29.3 Å². The van der Waals surface area contributed by atoms with Gasteiger partial charge in [0, 0.05) is 50.0 Å². The normalized spacial score (nSPS) is 16.8. The number of nitrogens with two attached hydrogens (primary N) is 1. The minimum Gasteiger partial charge on any atom is -0.370 e. The Bertz CT molecular complexity index is 545. The fraction of sp³-hybridized carbons (Fsp3) is 0.611. The molecule has 2 N–H and O–H groups in total. The number of guanidine groups is 1. The SMILES string of the molecule is CN(C)CC(C)(C)CN=C(N)N1CCN(c2ccc(Cl)cc2)CC1. The average Bonchev–Trinajstić information content (AvgIpc) is 2.52. The molecule has 0 bridgehead atoms. The van der Waals surface area contributed by atoms with Crippen LogP contribution < -0.4 is 10.6 Å². The second-order valence-corrected chi connectivity index (χ2v) is 7.96. The van der Waals surface area contributed by atoms with Crippen LogP contribution in [0.2, 0.25) is 5.02 Å². The van der Waals surface area contributed by atoms with Crippen molar-refractivity contribution < 1.29 is 0 Å². The topological polar surface area (TPSA) is 48.1 Å². The lowest BCUT2D eigenvalue weighted by Gasteiger charge is -2.37. The molecule has 5 nitrogen and oxygen atoms in total. The molecule has 24 heavy (non-hydrogen) atoms. The fourth-order valence-electron chi connectivity index (χ4n) is 3.15. The quantitative estimate of drug-likeness (QED) is 0.653. The van der Waals surface area contributed by atoms with Crippen LogP contribution in [0.25, 0.3) is 0 Å². The van der Waals surface area contributed by atoms with Gasteiger partial charge in [0.2, 0.25) is 0 Å². The van der Waals surface area contributed by atoms with E-state index >= 15 is 0 Å². The Labute approximate surface area is 151 Å². The zero-order valence-corrected chi connectivity index (χ0v) is 16.1. The van der Waals surface area contributed by atoms with Crippen molar-refractivity contribution in [3.63, 3.8) is 0 Å². The average molecular weight is 352 g/mol. The number of benzene rings is 1. The Morgan fingerprint density at radius 2 is 1.75 bits per heavy atom. The molecule has 0 atom stereocenters. The monoisotopic (exact) mass is 351 g/mol. The number of halogens is 1. The lowest BCUT2D eigenvalue weighted by molar-refractivity contribution is 0.247. The van der Waals surface area contributed by atoms with E-state index in [9.17, 15) is 0 Å². The van der Waals surface area contributed by atoms with E-state index in [-0.39, 0.29) is 5.41 Å². The summed E-state index contributed by atoms with van der Waals surface area (Å²) in [5, 5.41) is 0.772. The molecule has 1 fully saturated rings. The van der Waals surface area contributed by atoms with Gasteiger partial charge in [0.05, 0.1) is 0 Å². The van der Waals surface area contributed by atoms with Gasteiger partial charge < -0.3 is 20.4 Å². The number of hydrogen-bond acceptors (Lipinski definition) is 3. The van der Waals surface area contributed by atoms with Crippen molar-refractivity contribution in [1.82, 2.24) is 9.80 Å². The summed E-state index contributed by atoms with van der Waals surface area (Å²) in [4.78, 5) is 11.4. The van der Waals surface area contributed by atoms with E-state index in [2.05, 4.69) is 59.8 Å². The lowest BCUT2D eigenvalue weighted by Crippen LogP contribution is -2.51. The lowest BCUT2D eigenvalue weighted by atomic mass is 9.93. The molecule has 0 unspecified atom stereocenters. The highest BCUT2D eigenvalue weighted by Crippen LogP contribution is 2.20. The van der Waals surface area contributed by atoms with Crippen LogP contribution in [0.5, 0.6) is 0 Å². The maximum atomic E-state index is 6.22. The maximum Gasteiger partial charge on any atom is 0.191 e. The molecule has 1 aromatic carbocycles. The highest BCUT2D eigenvalue weighted by Gasteiger charge is 2.21. The number of piperazine rings is 1. The third kappa shape index (κ3) is 5.56. The molecule has 1 aromatic rings. The van der Waals surface area contributed by atoms with Crippen LogP contribution in [0, 0.1) is 5.41 Å². The summed E-state index contributed by atoms with van der Waals surface area (Å²) in [5.41, 5.74) is 7.55. The van der Waals surface area contributed by atoms with Gasteiger partial charge in [-0.05, 0) is 43.8 Å². The van der Waals surface area contributed by atoms with Crippen LogP contribution in [0.1, 0.15) is 13.8 Å². The number of nitrogens with zero attached hydrogens (tertiary/aromatic N) is 4. The fourth-order valence-corrected chi connectivity index (χ4v) is 3.27. The Kier molecular flexibility index (Phi) is 6.35. The summed E-state index contributed by atoms with van der Waals surface area (Å²) in [6, 6.07) is 8.01. The molecule has 0 spiro atoms. The summed E-state index contributed by atoms with van der Waals surface area (Å²) in [7, 11) is 4.18. The Morgan fingerprint density at radius 1 is 1.17 bits per heavy atom. The van der Waals surface area contributed by atoms with Crippen molar-refractivity contribution in [2.75, 3.05) is 58.3 Å². The van der Waals surface area contributed by atoms with Gasteiger partial charge in [-0.2, -0.15) is 0 Å². The smallest absolute Gasteiger partial charge is 0.191 e. The third-order valence-corrected chi connectivity index (χ3v) is 4.46. The maximum absolute atomic E-state index is 6.22. The van der Waals surface area contributed by atoms with Crippen LogP contribution in [0.4, 0.5) is 5.69 Å². The van der Waals surface area contributed by atoms with Gasteiger partial charge in [-0.1, -0.05) is 25.4 Å². The predicted octanol–water partition coefficient (Wildman–Crippen LogP) is 2.36. The molecule has 134 valence electrons. The highest BCUT2D eigenvalue weighted by atomic mass is 35.5. The van der Waals surface area contributed by atoms with E-state index in [1.165, 1.54) is 5.69 Å². The van der Waals surface area contributed by atoms with E-state index < -0.39 is 0 Å². The highest BCUT2D eigenvalue weighted by molar-refractivity contribution is 6.30. The van der Waals surface area contributed by atoms with Gasteiger partial charge in [-0.3, -0.25) is 4.99 Å². The number of anilines is 1. The van der Waals surface area contributed by atoms with E-state index in [1.807, 2.05) is 12.1 Å². The van der Waals surface area contributed by atoms with Gasteiger partial charge in [-0.15, -0.1) is 0 Å². The molecule has 0 aromatic heterocycles. The molecule has 1 aliphatic heterocycles. The predicted molar refractivity (Wildman–Crippen MR) is 104 cm³/mol. The summed E-state index contributed by atoms with van der Waals surface area (Å²) >= 11 is 5.96. The Morgan fingerprint density at radius 3 is 2.29 bits per heavy atom. The standard InChI is InChI=1S/C18H30ClN5/c1-18(2,14-22(3)4)13-21-17(20)24-11-9-23(10-12-24)16-7-5-15(19)6-8-16/h5-8H,9-14H2,1-4H3,(H2,20,21). The number of aliphatic imine (C=N–C) groups is 1. The minimum absolute atomic E-state index is 0.124. The van der Waals surface area contributed by atoms with Crippen LogP contribution in [0.3, 0.4) is 0 Å². The van der Waals surface area contributed by atoms with Gasteiger partial charge in [-0.25, -0.2) is 0 Å². The molecular weight excluding hydrogens is 322 g/mol. The van der Waals surface area contributed by atoms with E-state index in [4.69, 9.17) is 17.3 Å². The van der Waals surface area contributed by atoms with E-state index in [0.29, 0.717) is 5.96 Å². The summed E-state index contributed by atoms with van der Waals surface area (Å²) in [6.07, 6.45) is 0. The molecule has 1 aliphatic rings. The van der Waals surface area contributed by atoms with Crippen LogP contribution in [-0.2, 0) is 0 Å². The van der Waals surface area contributed by atoms with Crippen molar-refractivity contribution in [2.45, 2.75) is 13.8 Å². The first-order valence-corrected chi connectivity index (χ1v) is 8.85. The third-order valence-electron chi connectivity index (χ3n) is 4.21. The van der Waals surface area contributed by atoms with Gasteiger partial charge in [0.15, 0.2) is 5.96 Å². The molecule has 0 amide bonds. The first kappa shape index (κ1) is 18.9. The molecular formula is C18H30ClN5. The molecule has 1 saturated heterocycles. The molecule has 0 saturated carbocycles. The van der Waals surface area contributed by atoms with Gasteiger partial charge >= 0.3 is 0 Å². The summed E-state index contributed by atoms with van der Waals surface area (Å²) in [6.45, 7) is 9.86. The molecule has 6 heteroatoms. The summed E-state index contributed by atoms with van der Waals surface area (Å²) < 4.78 is 0. The molecule has 2 rings (SSSR count). The van der Waals surface area contributed by atoms with Crippen molar-refractivity contribution in [3.05, 3.63) is 29.3 Å².